The van der Waals surface area contributed by atoms with Crippen LogP contribution in [0.15, 0.2) is 36.4 Å². The van der Waals surface area contributed by atoms with E-state index in [-0.39, 0.29) is 51.2 Å². The molecule has 0 aromatic heterocycles. The Balaban J connectivity index is 2.07. The molecule has 8 nitrogen and oxygen atoms in total. The Bertz CT molecular complexity index is 1150. The number of carbonyl (C=O) groups is 2. The van der Waals surface area contributed by atoms with Gasteiger partial charge >= 0.3 is 11.9 Å². The number of benzene rings is 3. The fourth-order valence-electron chi connectivity index (χ4n) is 4.18. The first-order valence-electron chi connectivity index (χ1n) is 12.9. The van der Waals surface area contributed by atoms with Crippen LogP contribution < -0.4 is 9.47 Å². The fourth-order valence-corrected chi connectivity index (χ4v) is 4.18. The first-order valence-corrected chi connectivity index (χ1v) is 12.9. The summed E-state index contributed by atoms with van der Waals surface area (Å²) in [5.74, 6) is 0.723. The van der Waals surface area contributed by atoms with Crippen LogP contribution in [-0.4, -0.2) is 64.8 Å². The standard InChI is InChI=1S/C30H38O8/c1-7-27(31)37-21(15-33-5)17-35-29-23-11-9-20(4)14-26(23)30(24-12-10-19(3)13-25(24)29)36-18-22(16-34-6)38-28(32)8-2/h9-14,21-22H,7-8,15-18H2,1-6H3. The molecule has 0 saturated heterocycles. The summed E-state index contributed by atoms with van der Waals surface area (Å²) in [6.45, 7) is 8.23. The fraction of sp³-hybridized carbons (Fsp3) is 0.467. The largest absolute Gasteiger partial charge is 0.488 e. The molecule has 0 saturated carbocycles. The van der Waals surface area contributed by atoms with Crippen molar-refractivity contribution in [1.82, 2.24) is 0 Å². The smallest absolute Gasteiger partial charge is 0.305 e. The third kappa shape index (κ3) is 7.36. The molecule has 0 N–H and O–H groups in total. The summed E-state index contributed by atoms with van der Waals surface area (Å²) >= 11 is 0. The summed E-state index contributed by atoms with van der Waals surface area (Å²) in [5, 5.41) is 3.44. The number of methoxy groups -OCH3 is 2. The van der Waals surface area contributed by atoms with Crippen molar-refractivity contribution in [2.24, 2.45) is 0 Å². The maximum Gasteiger partial charge on any atom is 0.305 e. The second kappa shape index (κ2) is 14.0. The number of hydrogen-bond acceptors (Lipinski definition) is 8. The molecule has 0 aliphatic carbocycles. The summed E-state index contributed by atoms with van der Waals surface area (Å²) in [6.07, 6.45) is -0.554. The molecule has 2 unspecified atom stereocenters. The van der Waals surface area contributed by atoms with Gasteiger partial charge in [-0.25, -0.2) is 0 Å². The van der Waals surface area contributed by atoms with Crippen molar-refractivity contribution >= 4 is 33.5 Å². The first-order chi connectivity index (χ1) is 18.3. The van der Waals surface area contributed by atoms with Gasteiger partial charge in [0.2, 0.25) is 0 Å². The Morgan fingerprint density at radius 3 is 1.37 bits per heavy atom. The lowest BCUT2D eigenvalue weighted by molar-refractivity contribution is -0.153. The minimum atomic E-state index is -0.549. The molecule has 0 bridgehead atoms. The monoisotopic (exact) mass is 526 g/mol. The summed E-state index contributed by atoms with van der Waals surface area (Å²) in [5.41, 5.74) is 2.11. The molecule has 0 aliphatic heterocycles. The molecule has 38 heavy (non-hydrogen) atoms. The van der Waals surface area contributed by atoms with Crippen LogP contribution in [0.4, 0.5) is 0 Å². The second-order valence-corrected chi connectivity index (χ2v) is 9.22. The summed E-state index contributed by atoms with van der Waals surface area (Å²) in [7, 11) is 3.12. The van der Waals surface area contributed by atoms with Gasteiger partial charge in [-0.2, -0.15) is 0 Å². The van der Waals surface area contributed by atoms with Crippen LogP contribution in [0.3, 0.4) is 0 Å². The molecule has 0 amide bonds. The van der Waals surface area contributed by atoms with Gasteiger partial charge in [0.15, 0.2) is 12.2 Å². The lowest BCUT2D eigenvalue weighted by atomic mass is 9.97. The van der Waals surface area contributed by atoms with E-state index in [1.165, 1.54) is 0 Å². The molecule has 0 heterocycles. The molecule has 0 aliphatic rings. The van der Waals surface area contributed by atoms with Crippen LogP contribution in [0.1, 0.15) is 37.8 Å². The van der Waals surface area contributed by atoms with E-state index in [1.807, 2.05) is 50.2 Å². The van der Waals surface area contributed by atoms with Gasteiger partial charge in [-0.05, 0) is 26.0 Å². The Kier molecular flexibility index (Phi) is 10.7. The number of aryl methyl sites for hydroxylation is 2. The van der Waals surface area contributed by atoms with Crippen molar-refractivity contribution in [2.75, 3.05) is 40.6 Å². The zero-order valence-electron chi connectivity index (χ0n) is 23.1. The van der Waals surface area contributed by atoms with Crippen molar-refractivity contribution in [3.8, 4) is 11.5 Å². The van der Waals surface area contributed by atoms with Gasteiger partial charge in [0.25, 0.3) is 0 Å². The van der Waals surface area contributed by atoms with Gasteiger partial charge in [-0.1, -0.05) is 49.2 Å². The van der Waals surface area contributed by atoms with E-state index in [2.05, 4.69) is 0 Å². The van der Waals surface area contributed by atoms with Crippen molar-refractivity contribution in [2.45, 2.75) is 52.7 Å². The van der Waals surface area contributed by atoms with Crippen molar-refractivity contribution in [1.29, 1.82) is 0 Å². The topological polar surface area (TPSA) is 89.5 Å². The average molecular weight is 527 g/mol. The Morgan fingerprint density at radius 2 is 1.03 bits per heavy atom. The lowest BCUT2D eigenvalue weighted by Gasteiger charge is -2.23. The SMILES string of the molecule is CCC(=O)OC(COC)COc1c2ccc(C)cc2c(OCC(COC)OC(=O)CC)c2ccc(C)cc12. The van der Waals surface area contributed by atoms with E-state index >= 15 is 0 Å². The van der Waals surface area contributed by atoms with Gasteiger partial charge in [0, 0.05) is 48.6 Å². The highest BCUT2D eigenvalue weighted by Gasteiger charge is 2.22. The molecule has 3 aromatic carbocycles. The third-order valence-electron chi connectivity index (χ3n) is 6.03. The zero-order chi connectivity index (χ0) is 27.7. The molecule has 2 atom stereocenters. The predicted molar refractivity (Wildman–Crippen MR) is 146 cm³/mol. The molecule has 0 spiro atoms. The highest BCUT2D eigenvalue weighted by Crippen LogP contribution is 2.43. The van der Waals surface area contributed by atoms with Crippen LogP contribution in [0, 0.1) is 13.8 Å². The van der Waals surface area contributed by atoms with Crippen LogP contribution in [0.5, 0.6) is 11.5 Å². The molecular formula is C30H38O8. The minimum Gasteiger partial charge on any atom is -0.488 e. The molecule has 0 fully saturated rings. The highest BCUT2D eigenvalue weighted by atomic mass is 16.6. The van der Waals surface area contributed by atoms with E-state index in [9.17, 15) is 9.59 Å². The van der Waals surface area contributed by atoms with Crippen LogP contribution in [0.2, 0.25) is 0 Å². The lowest BCUT2D eigenvalue weighted by Crippen LogP contribution is -2.29. The van der Waals surface area contributed by atoms with E-state index in [0.29, 0.717) is 11.5 Å². The predicted octanol–water partition coefficient (Wildman–Crippen LogP) is 5.30. The quantitative estimate of drug-likeness (QED) is 0.206. The van der Waals surface area contributed by atoms with Gasteiger partial charge in [0.1, 0.15) is 24.7 Å². The van der Waals surface area contributed by atoms with Crippen LogP contribution in [0.25, 0.3) is 21.5 Å². The number of ether oxygens (including phenoxy) is 6. The number of fused-ring (bicyclic) bond motifs is 2. The molecule has 0 radical (unpaired) electrons. The van der Waals surface area contributed by atoms with Gasteiger partial charge in [0.05, 0.1) is 13.2 Å². The van der Waals surface area contributed by atoms with Crippen molar-refractivity contribution < 1.29 is 38.0 Å². The molecule has 8 heteroatoms. The summed E-state index contributed by atoms with van der Waals surface area (Å²) in [6, 6.07) is 12.1. The average Bonchev–Trinajstić information content (AvgIpc) is 2.90. The van der Waals surface area contributed by atoms with Gasteiger partial charge in [-0.15, -0.1) is 0 Å². The molecule has 3 aromatic rings. The normalized spacial score (nSPS) is 12.8. The maximum atomic E-state index is 11.9. The van der Waals surface area contributed by atoms with E-state index in [4.69, 9.17) is 28.4 Å². The van der Waals surface area contributed by atoms with Crippen molar-refractivity contribution in [3.05, 3.63) is 47.5 Å². The van der Waals surface area contributed by atoms with Gasteiger partial charge < -0.3 is 28.4 Å². The Hall–Kier alpha value is -3.36. The summed E-state index contributed by atoms with van der Waals surface area (Å²) in [4.78, 5) is 23.9. The van der Waals surface area contributed by atoms with Gasteiger partial charge in [-0.3, -0.25) is 9.59 Å². The van der Waals surface area contributed by atoms with Crippen molar-refractivity contribution in [3.63, 3.8) is 0 Å². The zero-order valence-corrected chi connectivity index (χ0v) is 23.1. The Labute approximate surface area is 224 Å². The number of rotatable bonds is 14. The van der Waals surface area contributed by atoms with Crippen LogP contribution in [-0.2, 0) is 28.5 Å². The van der Waals surface area contributed by atoms with Crippen LogP contribution >= 0.6 is 0 Å². The minimum absolute atomic E-state index is 0.134. The molecule has 206 valence electrons. The first kappa shape index (κ1) is 29.2. The highest BCUT2D eigenvalue weighted by molar-refractivity contribution is 6.11. The molecule has 3 rings (SSSR count). The maximum absolute atomic E-state index is 11.9. The second-order valence-electron chi connectivity index (χ2n) is 9.22. The molecular weight excluding hydrogens is 488 g/mol. The summed E-state index contributed by atoms with van der Waals surface area (Å²) < 4.78 is 34.3. The Morgan fingerprint density at radius 1 is 0.632 bits per heavy atom. The number of esters is 2. The van der Waals surface area contributed by atoms with E-state index in [1.54, 1.807) is 28.1 Å². The third-order valence-corrected chi connectivity index (χ3v) is 6.03. The van der Waals surface area contributed by atoms with E-state index < -0.39 is 12.2 Å². The van der Waals surface area contributed by atoms with E-state index in [0.717, 1.165) is 32.7 Å². The number of carbonyl (C=O) groups excluding carboxylic acids is 2. The number of hydrogen-bond donors (Lipinski definition) is 0.